The van der Waals surface area contributed by atoms with Crippen LogP contribution in [0.2, 0.25) is 0 Å². The molecule has 0 aromatic rings. The molecule has 2 aliphatic heterocycles. The minimum atomic E-state index is -0.540. The summed E-state index contributed by atoms with van der Waals surface area (Å²) in [5.41, 5.74) is -1.08. The maximum Gasteiger partial charge on any atom is 0.254 e. The highest BCUT2D eigenvalue weighted by Gasteiger charge is 2.60. The Hall–Kier alpha value is -0.610. The van der Waals surface area contributed by atoms with Crippen LogP contribution in [0.5, 0.6) is 0 Å². The Bertz CT molecular complexity index is 406. The Balaban J connectivity index is 1.88. The summed E-state index contributed by atoms with van der Waals surface area (Å²) < 4.78 is 6.50. The second-order valence-electron chi connectivity index (χ2n) is 8.35. The number of rotatable bonds is 0. The third kappa shape index (κ3) is 2.37. The molecule has 114 valence electrons. The third-order valence-electron chi connectivity index (χ3n) is 4.94. The Morgan fingerprint density at radius 2 is 1.50 bits per heavy atom. The Morgan fingerprint density at radius 1 is 0.950 bits per heavy atom. The molecule has 0 radical (unpaired) electrons. The lowest BCUT2D eigenvalue weighted by atomic mass is 9.77. The standard InChI is InChI=1S/C16H28N2O2/c1-13(2)10-16(11-14(3,4)18-13)17-12(19)15(20-16)8-6-5-7-9-15/h18H,5-11H2,1-4H3,(H,17,19). The third-order valence-corrected chi connectivity index (χ3v) is 4.94. The van der Waals surface area contributed by atoms with Crippen LogP contribution < -0.4 is 10.6 Å². The van der Waals surface area contributed by atoms with Crippen LogP contribution in [-0.2, 0) is 9.53 Å². The summed E-state index contributed by atoms with van der Waals surface area (Å²) in [6.45, 7) is 8.77. The number of carbonyl (C=O) groups is 1. The molecular weight excluding hydrogens is 252 g/mol. The SMILES string of the molecule is CC1(C)CC2(CC(C)(C)N1)NC(=O)C1(CCCCC1)O2. The van der Waals surface area contributed by atoms with Crippen molar-refractivity contribution in [1.82, 2.24) is 10.6 Å². The predicted molar refractivity (Wildman–Crippen MR) is 78.3 cm³/mol. The highest BCUT2D eigenvalue weighted by Crippen LogP contribution is 2.46. The molecule has 2 N–H and O–H groups in total. The van der Waals surface area contributed by atoms with E-state index in [1.165, 1.54) is 6.42 Å². The van der Waals surface area contributed by atoms with E-state index in [1.807, 2.05) is 0 Å². The van der Waals surface area contributed by atoms with E-state index in [0.717, 1.165) is 38.5 Å². The summed E-state index contributed by atoms with van der Waals surface area (Å²) in [5, 5.41) is 6.90. The molecule has 1 saturated carbocycles. The molecular formula is C16H28N2O2. The first-order chi connectivity index (χ1) is 9.16. The molecule has 0 aromatic heterocycles. The second kappa shape index (κ2) is 4.20. The van der Waals surface area contributed by atoms with Crippen LogP contribution in [0.1, 0.15) is 72.6 Å². The molecule has 0 atom stereocenters. The number of carbonyl (C=O) groups excluding carboxylic acids is 1. The molecule has 4 heteroatoms. The normalized spacial score (nSPS) is 33.3. The van der Waals surface area contributed by atoms with Crippen LogP contribution in [0.3, 0.4) is 0 Å². The van der Waals surface area contributed by atoms with Gasteiger partial charge >= 0.3 is 0 Å². The van der Waals surface area contributed by atoms with Crippen molar-refractivity contribution in [2.45, 2.75) is 95.0 Å². The van der Waals surface area contributed by atoms with Crippen LogP contribution in [0.15, 0.2) is 0 Å². The van der Waals surface area contributed by atoms with Crippen LogP contribution >= 0.6 is 0 Å². The van der Waals surface area contributed by atoms with Crippen molar-refractivity contribution in [3.63, 3.8) is 0 Å². The molecule has 1 aliphatic carbocycles. The fourth-order valence-corrected chi connectivity index (χ4v) is 4.87. The molecule has 4 nitrogen and oxygen atoms in total. The molecule has 2 heterocycles. The van der Waals surface area contributed by atoms with E-state index in [0.29, 0.717) is 0 Å². The minimum Gasteiger partial charge on any atom is -0.339 e. The molecule has 3 fully saturated rings. The molecule has 1 amide bonds. The van der Waals surface area contributed by atoms with E-state index in [1.54, 1.807) is 0 Å². The Labute approximate surface area is 122 Å². The van der Waals surface area contributed by atoms with Crippen LogP contribution in [0.25, 0.3) is 0 Å². The summed E-state index contributed by atoms with van der Waals surface area (Å²) in [5.74, 6) is 0.130. The van der Waals surface area contributed by atoms with Crippen molar-refractivity contribution < 1.29 is 9.53 Å². The van der Waals surface area contributed by atoms with E-state index < -0.39 is 11.3 Å². The zero-order chi connectivity index (χ0) is 14.6. The second-order valence-corrected chi connectivity index (χ2v) is 8.35. The molecule has 2 spiro atoms. The van der Waals surface area contributed by atoms with Gasteiger partial charge in [0, 0.05) is 23.9 Å². The summed E-state index contributed by atoms with van der Waals surface area (Å²) in [6, 6.07) is 0. The van der Waals surface area contributed by atoms with Crippen molar-refractivity contribution in [2.75, 3.05) is 0 Å². The average Bonchev–Trinajstić information content (AvgIpc) is 2.46. The Kier molecular flexibility index (Phi) is 3.01. The first kappa shape index (κ1) is 14.3. The summed E-state index contributed by atoms with van der Waals surface area (Å²) in [7, 11) is 0. The first-order valence-corrected chi connectivity index (χ1v) is 7.98. The van der Waals surface area contributed by atoms with Gasteiger partial charge in [-0.1, -0.05) is 19.3 Å². The van der Waals surface area contributed by atoms with Crippen molar-refractivity contribution in [3.05, 3.63) is 0 Å². The lowest BCUT2D eigenvalue weighted by Crippen LogP contribution is -2.66. The van der Waals surface area contributed by atoms with Gasteiger partial charge in [-0.2, -0.15) is 0 Å². The van der Waals surface area contributed by atoms with Crippen LogP contribution in [0, 0.1) is 0 Å². The minimum absolute atomic E-state index is 0.0325. The highest BCUT2D eigenvalue weighted by atomic mass is 16.6. The zero-order valence-electron chi connectivity index (χ0n) is 13.3. The number of hydrogen-bond donors (Lipinski definition) is 2. The summed E-state index contributed by atoms with van der Waals surface area (Å²) in [6.07, 6.45) is 6.87. The van der Waals surface area contributed by atoms with Crippen molar-refractivity contribution in [2.24, 2.45) is 0 Å². The highest BCUT2D eigenvalue weighted by molar-refractivity contribution is 5.87. The molecule has 3 aliphatic rings. The lowest BCUT2D eigenvalue weighted by molar-refractivity contribution is -0.166. The quantitative estimate of drug-likeness (QED) is 0.716. The van der Waals surface area contributed by atoms with E-state index >= 15 is 0 Å². The number of ether oxygens (including phenoxy) is 1. The van der Waals surface area contributed by atoms with Gasteiger partial charge in [0.05, 0.1) is 0 Å². The van der Waals surface area contributed by atoms with Gasteiger partial charge < -0.3 is 15.4 Å². The number of hydrogen-bond acceptors (Lipinski definition) is 3. The number of amides is 1. The molecule has 0 bridgehead atoms. The number of piperidine rings is 1. The fourth-order valence-electron chi connectivity index (χ4n) is 4.87. The Morgan fingerprint density at radius 3 is 2.05 bits per heavy atom. The molecule has 0 unspecified atom stereocenters. The van der Waals surface area contributed by atoms with Crippen LogP contribution in [0.4, 0.5) is 0 Å². The smallest absolute Gasteiger partial charge is 0.254 e. The van der Waals surface area contributed by atoms with Gasteiger partial charge in [0.1, 0.15) is 11.3 Å². The molecule has 20 heavy (non-hydrogen) atoms. The van der Waals surface area contributed by atoms with Gasteiger partial charge in [0.15, 0.2) is 0 Å². The van der Waals surface area contributed by atoms with Gasteiger partial charge in [0.2, 0.25) is 0 Å². The van der Waals surface area contributed by atoms with Crippen molar-refractivity contribution >= 4 is 5.91 Å². The monoisotopic (exact) mass is 280 g/mol. The fraction of sp³-hybridized carbons (Fsp3) is 0.938. The molecule has 2 saturated heterocycles. The van der Waals surface area contributed by atoms with Crippen LogP contribution in [-0.4, -0.2) is 28.3 Å². The van der Waals surface area contributed by atoms with Gasteiger partial charge in [-0.25, -0.2) is 0 Å². The van der Waals surface area contributed by atoms with Crippen molar-refractivity contribution in [3.8, 4) is 0 Å². The zero-order valence-corrected chi connectivity index (χ0v) is 13.3. The van der Waals surface area contributed by atoms with Gasteiger partial charge in [0.25, 0.3) is 5.91 Å². The maximum absolute atomic E-state index is 12.6. The largest absolute Gasteiger partial charge is 0.339 e. The maximum atomic E-state index is 12.6. The van der Waals surface area contributed by atoms with E-state index in [4.69, 9.17) is 4.74 Å². The number of nitrogens with one attached hydrogen (secondary N) is 2. The molecule has 3 rings (SSSR count). The topological polar surface area (TPSA) is 50.4 Å². The van der Waals surface area contributed by atoms with E-state index in [9.17, 15) is 4.79 Å². The summed E-state index contributed by atoms with van der Waals surface area (Å²) >= 11 is 0. The predicted octanol–water partition coefficient (Wildman–Crippen LogP) is 2.47. The first-order valence-electron chi connectivity index (χ1n) is 7.98. The van der Waals surface area contributed by atoms with Gasteiger partial charge in [-0.15, -0.1) is 0 Å². The van der Waals surface area contributed by atoms with Crippen molar-refractivity contribution in [1.29, 1.82) is 0 Å². The van der Waals surface area contributed by atoms with Gasteiger partial charge in [-0.3, -0.25) is 4.79 Å². The van der Waals surface area contributed by atoms with E-state index in [-0.39, 0.29) is 17.0 Å². The average molecular weight is 280 g/mol. The lowest BCUT2D eigenvalue weighted by Gasteiger charge is -2.51. The molecule has 0 aromatic carbocycles. The summed E-state index contributed by atoms with van der Waals surface area (Å²) in [4.78, 5) is 12.6. The van der Waals surface area contributed by atoms with E-state index in [2.05, 4.69) is 38.3 Å². The van der Waals surface area contributed by atoms with Gasteiger partial charge in [-0.05, 0) is 40.5 Å².